The van der Waals surface area contributed by atoms with Crippen molar-refractivity contribution in [1.82, 2.24) is 0 Å². The first-order chi connectivity index (χ1) is 7.61. The monoisotopic (exact) mass is 252 g/mol. The molecule has 0 aromatic heterocycles. The molecule has 0 spiro atoms. The normalized spacial score (nSPS) is 14.5. The van der Waals surface area contributed by atoms with Gasteiger partial charge in [0.05, 0.1) is 5.92 Å². The lowest BCUT2D eigenvalue weighted by molar-refractivity contribution is -0.242. The minimum atomic E-state index is -4.11. The summed E-state index contributed by atoms with van der Waals surface area (Å²) in [7, 11) is 0. The Morgan fingerprint density at radius 1 is 0.706 bits per heavy atom. The molecule has 0 atom stereocenters. The molecule has 104 valence electrons. The zero-order chi connectivity index (χ0) is 13.9. The van der Waals surface area contributed by atoms with Crippen LogP contribution >= 0.6 is 0 Å². The Morgan fingerprint density at radius 3 is 1.06 bits per heavy atom. The fourth-order valence-corrected chi connectivity index (χ4v) is 2.95. The van der Waals surface area contributed by atoms with Gasteiger partial charge in [0.25, 0.3) is 0 Å². The first-order valence-electron chi connectivity index (χ1n) is 6.68. The maximum atomic E-state index is 13.5. The lowest BCUT2D eigenvalue weighted by Gasteiger charge is -2.48. The number of hydrogen-bond donors (Lipinski definition) is 0. The third-order valence-electron chi connectivity index (χ3n) is 4.95. The first kappa shape index (κ1) is 16.8. The second-order valence-corrected chi connectivity index (χ2v) is 5.70. The predicted molar refractivity (Wildman–Crippen MR) is 66.9 cm³/mol. The summed E-state index contributed by atoms with van der Waals surface area (Å²) in [6, 6.07) is 0. The van der Waals surface area contributed by atoms with Gasteiger partial charge in [-0.05, 0) is 10.8 Å². The molecule has 0 saturated heterocycles. The van der Waals surface area contributed by atoms with Gasteiger partial charge in [-0.15, -0.1) is 0 Å². The molecule has 0 aliphatic carbocycles. The highest BCUT2D eigenvalue weighted by Gasteiger charge is 2.56. The first-order valence-corrected chi connectivity index (χ1v) is 6.68. The third kappa shape index (κ3) is 3.38. The Balaban J connectivity index is 5.58. The van der Waals surface area contributed by atoms with Crippen LogP contribution in [0, 0.1) is 16.7 Å². The van der Waals surface area contributed by atoms with E-state index in [9.17, 15) is 13.2 Å². The lowest BCUT2D eigenvalue weighted by atomic mass is 9.58. The maximum Gasteiger partial charge on any atom is 0.392 e. The number of hydrogen-bond acceptors (Lipinski definition) is 0. The summed E-state index contributed by atoms with van der Waals surface area (Å²) in [6.45, 7) is 11.0. The molecule has 0 nitrogen and oxygen atoms in total. The molecule has 3 heteroatoms. The van der Waals surface area contributed by atoms with E-state index in [2.05, 4.69) is 0 Å². The van der Waals surface area contributed by atoms with Crippen LogP contribution in [0.3, 0.4) is 0 Å². The second kappa shape index (κ2) is 5.62. The molecule has 0 fully saturated rings. The minimum absolute atomic E-state index is 0.573. The van der Waals surface area contributed by atoms with Gasteiger partial charge in [0.15, 0.2) is 0 Å². The molecular formula is C14H27F3. The van der Waals surface area contributed by atoms with Crippen molar-refractivity contribution in [3.05, 3.63) is 0 Å². The standard InChI is InChI=1S/C14H27F3/c1-7-12(5,8-2)11(14(15,16)17)13(6,9-3)10-4/h11H,7-10H2,1-6H3. The highest BCUT2D eigenvalue weighted by atomic mass is 19.4. The van der Waals surface area contributed by atoms with Gasteiger partial charge in [0.2, 0.25) is 0 Å². The van der Waals surface area contributed by atoms with Crippen LogP contribution < -0.4 is 0 Å². The zero-order valence-corrected chi connectivity index (χ0v) is 12.0. The third-order valence-corrected chi connectivity index (χ3v) is 4.95. The van der Waals surface area contributed by atoms with Crippen molar-refractivity contribution in [2.45, 2.75) is 73.4 Å². The summed E-state index contributed by atoms with van der Waals surface area (Å²) >= 11 is 0. The molecule has 0 bridgehead atoms. The molecule has 0 radical (unpaired) electrons. The van der Waals surface area contributed by atoms with E-state index in [1.807, 2.05) is 27.7 Å². The molecule has 0 heterocycles. The summed E-state index contributed by atoms with van der Waals surface area (Å²) in [6.07, 6.45) is -1.82. The molecule has 0 aliphatic rings. The van der Waals surface area contributed by atoms with Crippen LogP contribution in [0.4, 0.5) is 13.2 Å². The van der Waals surface area contributed by atoms with Gasteiger partial charge in [-0.2, -0.15) is 13.2 Å². The molecule has 0 N–H and O–H groups in total. The second-order valence-electron chi connectivity index (χ2n) is 5.70. The molecule has 0 aromatic rings. The number of alkyl halides is 3. The van der Waals surface area contributed by atoms with Crippen molar-refractivity contribution in [3.8, 4) is 0 Å². The van der Waals surface area contributed by atoms with Crippen molar-refractivity contribution >= 4 is 0 Å². The highest BCUT2D eigenvalue weighted by Crippen LogP contribution is 2.55. The molecule has 0 rings (SSSR count). The van der Waals surface area contributed by atoms with E-state index >= 15 is 0 Å². The van der Waals surface area contributed by atoms with Crippen LogP contribution in [0.5, 0.6) is 0 Å². The van der Waals surface area contributed by atoms with Crippen molar-refractivity contribution in [2.75, 3.05) is 0 Å². The number of rotatable bonds is 6. The van der Waals surface area contributed by atoms with Crippen LogP contribution in [-0.4, -0.2) is 6.18 Å². The molecule has 0 aliphatic heterocycles. The Hall–Kier alpha value is -0.210. The maximum absolute atomic E-state index is 13.5. The molecule has 0 saturated carbocycles. The molecule has 17 heavy (non-hydrogen) atoms. The van der Waals surface area contributed by atoms with Crippen LogP contribution in [0.1, 0.15) is 67.2 Å². The number of halogens is 3. The van der Waals surface area contributed by atoms with Crippen molar-refractivity contribution in [1.29, 1.82) is 0 Å². The lowest BCUT2D eigenvalue weighted by Crippen LogP contribution is -2.47. The van der Waals surface area contributed by atoms with Gasteiger partial charge in [-0.1, -0.05) is 67.2 Å². The van der Waals surface area contributed by atoms with Gasteiger partial charge in [0, 0.05) is 0 Å². The van der Waals surface area contributed by atoms with Crippen LogP contribution in [0.25, 0.3) is 0 Å². The SMILES string of the molecule is CCC(C)(CC)C(C(F)(F)F)C(C)(CC)CC. The van der Waals surface area contributed by atoms with Gasteiger partial charge in [0.1, 0.15) is 0 Å². The van der Waals surface area contributed by atoms with Crippen molar-refractivity contribution < 1.29 is 13.2 Å². The molecular weight excluding hydrogens is 225 g/mol. The Labute approximate surface area is 104 Å². The van der Waals surface area contributed by atoms with Crippen molar-refractivity contribution in [3.63, 3.8) is 0 Å². The van der Waals surface area contributed by atoms with Gasteiger partial charge in [-0.25, -0.2) is 0 Å². The summed E-state index contributed by atoms with van der Waals surface area (Å²) in [5.41, 5.74) is -1.31. The quantitative estimate of drug-likeness (QED) is 0.559. The molecule has 0 aromatic carbocycles. The van der Waals surface area contributed by atoms with Crippen LogP contribution in [0.2, 0.25) is 0 Å². The fraction of sp³-hybridized carbons (Fsp3) is 1.00. The summed E-state index contributed by atoms with van der Waals surface area (Å²) in [5.74, 6) is -1.22. The summed E-state index contributed by atoms with van der Waals surface area (Å²) < 4.78 is 40.4. The Kier molecular flexibility index (Phi) is 5.55. The molecule has 0 unspecified atom stereocenters. The smallest absolute Gasteiger partial charge is 0.171 e. The predicted octanol–water partition coefficient (Wildman–Crippen LogP) is 5.82. The van der Waals surface area contributed by atoms with Gasteiger partial charge < -0.3 is 0 Å². The topological polar surface area (TPSA) is 0 Å². The summed E-state index contributed by atoms with van der Waals surface area (Å²) in [5, 5.41) is 0. The minimum Gasteiger partial charge on any atom is -0.171 e. The van der Waals surface area contributed by atoms with E-state index in [0.29, 0.717) is 25.7 Å². The van der Waals surface area contributed by atoms with Gasteiger partial charge in [-0.3, -0.25) is 0 Å². The highest BCUT2D eigenvalue weighted by molar-refractivity contribution is 4.95. The molecule has 0 amide bonds. The zero-order valence-electron chi connectivity index (χ0n) is 12.0. The van der Waals surface area contributed by atoms with E-state index < -0.39 is 22.9 Å². The van der Waals surface area contributed by atoms with E-state index in [0.717, 1.165) is 0 Å². The van der Waals surface area contributed by atoms with E-state index in [4.69, 9.17) is 0 Å². The van der Waals surface area contributed by atoms with Crippen LogP contribution in [-0.2, 0) is 0 Å². The Morgan fingerprint density at radius 2 is 0.941 bits per heavy atom. The van der Waals surface area contributed by atoms with E-state index in [-0.39, 0.29) is 0 Å². The summed E-state index contributed by atoms with van der Waals surface area (Å²) in [4.78, 5) is 0. The van der Waals surface area contributed by atoms with Crippen LogP contribution in [0.15, 0.2) is 0 Å². The van der Waals surface area contributed by atoms with E-state index in [1.54, 1.807) is 13.8 Å². The average molecular weight is 252 g/mol. The van der Waals surface area contributed by atoms with E-state index in [1.165, 1.54) is 0 Å². The van der Waals surface area contributed by atoms with Crippen molar-refractivity contribution in [2.24, 2.45) is 16.7 Å². The Bertz CT molecular complexity index is 204. The fourth-order valence-electron chi connectivity index (χ4n) is 2.95. The largest absolute Gasteiger partial charge is 0.392 e. The average Bonchev–Trinajstić information content (AvgIpc) is 2.26. The van der Waals surface area contributed by atoms with Gasteiger partial charge >= 0.3 is 6.18 Å².